The molecule has 0 fully saturated rings. The standard InChI is InChI=1S/C12H14FN3/c13-10-4-1-9(2-5-10)3-6-11(14)7-8-12(15)16/h1-2,4-5,7-8,14H,3,6H2,(H3,15,16)/b8-7-,14-11?. The van der Waals surface area contributed by atoms with Crippen molar-refractivity contribution in [3.63, 3.8) is 0 Å². The summed E-state index contributed by atoms with van der Waals surface area (Å²) in [4.78, 5) is 0. The van der Waals surface area contributed by atoms with Crippen LogP contribution in [0.25, 0.3) is 0 Å². The minimum absolute atomic E-state index is 0.0634. The van der Waals surface area contributed by atoms with Crippen LogP contribution in [0.15, 0.2) is 36.4 Å². The smallest absolute Gasteiger partial charge is 0.123 e. The lowest BCUT2D eigenvalue weighted by Crippen LogP contribution is -2.06. The first-order valence-electron chi connectivity index (χ1n) is 4.92. The van der Waals surface area contributed by atoms with Crippen molar-refractivity contribution in [3.05, 3.63) is 47.8 Å². The number of aryl methyl sites for hydroxylation is 1. The Kier molecular flexibility index (Phi) is 4.39. The lowest BCUT2D eigenvalue weighted by atomic mass is 10.1. The van der Waals surface area contributed by atoms with Gasteiger partial charge in [0.25, 0.3) is 0 Å². The summed E-state index contributed by atoms with van der Waals surface area (Å²) in [6.45, 7) is 0. The first-order valence-corrected chi connectivity index (χ1v) is 4.92. The molecule has 0 bridgehead atoms. The highest BCUT2D eigenvalue weighted by molar-refractivity contribution is 5.99. The SMILES string of the molecule is N=C(N)/C=C\C(=N)CCc1ccc(F)cc1. The maximum atomic E-state index is 12.6. The van der Waals surface area contributed by atoms with Crippen molar-refractivity contribution in [1.29, 1.82) is 10.8 Å². The van der Waals surface area contributed by atoms with Crippen LogP contribution in [0.2, 0.25) is 0 Å². The van der Waals surface area contributed by atoms with Gasteiger partial charge in [-0.1, -0.05) is 12.1 Å². The Labute approximate surface area is 93.8 Å². The number of hydrogen-bond donors (Lipinski definition) is 3. The van der Waals surface area contributed by atoms with Gasteiger partial charge in [0, 0.05) is 5.71 Å². The van der Waals surface area contributed by atoms with E-state index in [9.17, 15) is 4.39 Å². The van der Waals surface area contributed by atoms with E-state index in [1.54, 1.807) is 12.1 Å². The molecule has 3 nitrogen and oxygen atoms in total. The van der Waals surface area contributed by atoms with Crippen LogP contribution >= 0.6 is 0 Å². The largest absolute Gasteiger partial charge is 0.384 e. The summed E-state index contributed by atoms with van der Waals surface area (Å²) < 4.78 is 12.6. The van der Waals surface area contributed by atoms with Crippen LogP contribution in [-0.2, 0) is 6.42 Å². The van der Waals surface area contributed by atoms with E-state index in [0.717, 1.165) is 5.56 Å². The number of nitrogens with one attached hydrogen (secondary N) is 2. The molecule has 0 amide bonds. The van der Waals surface area contributed by atoms with Gasteiger partial charge in [0.2, 0.25) is 0 Å². The zero-order valence-electron chi connectivity index (χ0n) is 8.83. The van der Waals surface area contributed by atoms with Crippen LogP contribution < -0.4 is 5.73 Å². The molecule has 1 aromatic carbocycles. The van der Waals surface area contributed by atoms with Crippen molar-refractivity contribution >= 4 is 11.5 Å². The predicted octanol–water partition coefficient (Wildman–Crippen LogP) is 2.27. The second-order valence-electron chi connectivity index (χ2n) is 3.44. The van der Waals surface area contributed by atoms with Gasteiger partial charge in [-0.05, 0) is 42.7 Å². The molecule has 0 atom stereocenters. The van der Waals surface area contributed by atoms with Crippen molar-refractivity contribution in [2.45, 2.75) is 12.8 Å². The topological polar surface area (TPSA) is 73.7 Å². The number of allylic oxidation sites excluding steroid dienone is 1. The van der Waals surface area contributed by atoms with E-state index in [4.69, 9.17) is 16.6 Å². The molecule has 0 aliphatic carbocycles. The molecule has 0 radical (unpaired) electrons. The fraction of sp³-hybridized carbons (Fsp3) is 0.167. The van der Waals surface area contributed by atoms with Crippen LogP contribution in [0.5, 0.6) is 0 Å². The molecule has 4 heteroatoms. The van der Waals surface area contributed by atoms with Crippen molar-refractivity contribution < 1.29 is 4.39 Å². The molecule has 0 unspecified atom stereocenters. The average molecular weight is 219 g/mol. The molecule has 0 heterocycles. The van der Waals surface area contributed by atoms with Crippen LogP contribution in [0.4, 0.5) is 4.39 Å². The quantitative estimate of drug-likeness (QED) is 0.515. The van der Waals surface area contributed by atoms with E-state index >= 15 is 0 Å². The normalized spacial score (nSPS) is 10.6. The Balaban J connectivity index is 2.43. The monoisotopic (exact) mass is 219 g/mol. The maximum Gasteiger partial charge on any atom is 0.123 e. The van der Waals surface area contributed by atoms with E-state index in [2.05, 4.69) is 0 Å². The highest BCUT2D eigenvalue weighted by atomic mass is 19.1. The van der Waals surface area contributed by atoms with Gasteiger partial charge in [-0.25, -0.2) is 4.39 Å². The van der Waals surface area contributed by atoms with Gasteiger partial charge in [-0.15, -0.1) is 0 Å². The third kappa shape index (κ3) is 4.50. The van der Waals surface area contributed by atoms with E-state index in [0.29, 0.717) is 18.6 Å². The first kappa shape index (κ1) is 12.1. The molecular weight excluding hydrogens is 205 g/mol. The zero-order valence-corrected chi connectivity index (χ0v) is 8.83. The second kappa shape index (κ2) is 5.80. The third-order valence-electron chi connectivity index (χ3n) is 2.06. The molecule has 1 rings (SSSR count). The summed E-state index contributed by atoms with van der Waals surface area (Å²) >= 11 is 0. The number of benzene rings is 1. The Morgan fingerprint density at radius 2 is 1.81 bits per heavy atom. The summed E-state index contributed by atoms with van der Waals surface area (Å²) in [5.41, 5.74) is 6.51. The van der Waals surface area contributed by atoms with Gasteiger partial charge in [-0.2, -0.15) is 0 Å². The Morgan fingerprint density at radius 3 is 2.38 bits per heavy atom. The highest BCUT2D eigenvalue weighted by Crippen LogP contribution is 2.06. The lowest BCUT2D eigenvalue weighted by molar-refractivity contribution is 0.627. The van der Waals surface area contributed by atoms with E-state index in [-0.39, 0.29) is 11.7 Å². The first-order chi connectivity index (χ1) is 7.58. The van der Waals surface area contributed by atoms with Crippen molar-refractivity contribution in [3.8, 4) is 0 Å². The van der Waals surface area contributed by atoms with Gasteiger partial charge >= 0.3 is 0 Å². The fourth-order valence-corrected chi connectivity index (χ4v) is 1.20. The van der Waals surface area contributed by atoms with E-state index in [1.165, 1.54) is 24.3 Å². The summed E-state index contributed by atoms with van der Waals surface area (Å²) in [6.07, 6.45) is 4.12. The fourth-order valence-electron chi connectivity index (χ4n) is 1.20. The predicted molar refractivity (Wildman–Crippen MR) is 63.5 cm³/mol. The molecule has 4 N–H and O–H groups in total. The number of rotatable bonds is 5. The van der Waals surface area contributed by atoms with Crippen LogP contribution in [0.3, 0.4) is 0 Å². The molecule has 0 spiro atoms. The molecule has 0 saturated heterocycles. The number of halogens is 1. The Bertz CT molecular complexity index is 407. The number of nitrogens with two attached hydrogens (primary N) is 1. The summed E-state index contributed by atoms with van der Waals surface area (Å²) in [5, 5.41) is 14.5. The summed E-state index contributed by atoms with van der Waals surface area (Å²) in [5.74, 6) is -0.318. The highest BCUT2D eigenvalue weighted by Gasteiger charge is 1.96. The second-order valence-corrected chi connectivity index (χ2v) is 3.44. The third-order valence-corrected chi connectivity index (χ3v) is 2.06. The molecule has 1 aromatic rings. The molecule has 16 heavy (non-hydrogen) atoms. The molecule has 0 aromatic heterocycles. The van der Waals surface area contributed by atoms with Crippen molar-refractivity contribution in [2.75, 3.05) is 0 Å². The lowest BCUT2D eigenvalue weighted by Gasteiger charge is -2.00. The van der Waals surface area contributed by atoms with Crippen LogP contribution in [0.1, 0.15) is 12.0 Å². The van der Waals surface area contributed by atoms with Gasteiger partial charge in [0.15, 0.2) is 0 Å². The molecule has 84 valence electrons. The summed E-state index contributed by atoms with van der Waals surface area (Å²) in [6, 6.07) is 6.23. The van der Waals surface area contributed by atoms with Gasteiger partial charge in [0.1, 0.15) is 11.7 Å². The molecule has 0 aliphatic heterocycles. The number of hydrogen-bond acceptors (Lipinski definition) is 2. The zero-order chi connectivity index (χ0) is 12.0. The van der Waals surface area contributed by atoms with Crippen LogP contribution in [-0.4, -0.2) is 11.5 Å². The van der Waals surface area contributed by atoms with Crippen LogP contribution in [0, 0.1) is 16.6 Å². The number of amidine groups is 1. The Hall–Kier alpha value is -1.97. The molecular formula is C12H14FN3. The molecule has 0 saturated carbocycles. The van der Waals surface area contributed by atoms with E-state index < -0.39 is 0 Å². The minimum Gasteiger partial charge on any atom is -0.384 e. The minimum atomic E-state index is -0.254. The van der Waals surface area contributed by atoms with Gasteiger partial charge < -0.3 is 11.1 Å². The van der Waals surface area contributed by atoms with Gasteiger partial charge in [0.05, 0.1) is 0 Å². The van der Waals surface area contributed by atoms with Crippen molar-refractivity contribution in [1.82, 2.24) is 0 Å². The average Bonchev–Trinajstić information content (AvgIpc) is 2.25. The van der Waals surface area contributed by atoms with Gasteiger partial charge in [-0.3, -0.25) is 5.41 Å². The van der Waals surface area contributed by atoms with Crippen molar-refractivity contribution in [2.24, 2.45) is 5.73 Å². The summed E-state index contributed by atoms with van der Waals surface area (Å²) in [7, 11) is 0. The Morgan fingerprint density at radius 1 is 1.19 bits per heavy atom. The maximum absolute atomic E-state index is 12.6. The molecule has 0 aliphatic rings. The van der Waals surface area contributed by atoms with E-state index in [1.807, 2.05) is 0 Å².